The van der Waals surface area contributed by atoms with Crippen LogP contribution in [0.5, 0.6) is 5.88 Å². The van der Waals surface area contributed by atoms with E-state index in [2.05, 4.69) is 10.4 Å². The quantitative estimate of drug-likeness (QED) is 0.931. The van der Waals surface area contributed by atoms with E-state index < -0.39 is 0 Å². The molecule has 2 heterocycles. The van der Waals surface area contributed by atoms with Crippen molar-refractivity contribution in [2.24, 2.45) is 7.05 Å². The van der Waals surface area contributed by atoms with E-state index in [0.29, 0.717) is 30.6 Å². The second kappa shape index (κ2) is 6.35. The molecule has 1 N–H and O–H groups in total. The maximum absolute atomic E-state index is 12.4. The normalized spacial score (nSPS) is 13.6. The van der Waals surface area contributed by atoms with Crippen LogP contribution in [0.1, 0.15) is 29.3 Å². The minimum Gasteiger partial charge on any atom is -0.479 e. The second-order valence-corrected chi connectivity index (χ2v) is 5.66. The number of rotatable bonds is 4. The third-order valence-corrected chi connectivity index (χ3v) is 4.09. The van der Waals surface area contributed by atoms with Gasteiger partial charge in [-0.1, -0.05) is 0 Å². The smallest absolute Gasteiger partial charge is 0.262 e. The molecule has 1 aromatic heterocycles. The summed E-state index contributed by atoms with van der Waals surface area (Å²) in [4.78, 5) is 26.2. The number of nitrogens with one attached hydrogen (secondary N) is 1. The second-order valence-electron chi connectivity index (χ2n) is 5.66. The zero-order valence-electron chi connectivity index (χ0n) is 14.0. The summed E-state index contributed by atoms with van der Waals surface area (Å²) in [5.41, 5.74) is 3.05. The summed E-state index contributed by atoms with van der Waals surface area (Å²) < 4.78 is 6.65. The molecule has 3 rings (SSSR count). The van der Waals surface area contributed by atoms with Crippen molar-refractivity contribution in [1.82, 2.24) is 9.78 Å². The first-order chi connectivity index (χ1) is 11.5. The number of ether oxygens (including phenoxy) is 1. The Labute approximate surface area is 140 Å². The van der Waals surface area contributed by atoms with Crippen LogP contribution < -0.4 is 15.0 Å². The van der Waals surface area contributed by atoms with Crippen LogP contribution in [0.15, 0.2) is 24.4 Å². The van der Waals surface area contributed by atoms with Gasteiger partial charge in [0.15, 0.2) is 0 Å². The Morgan fingerprint density at radius 3 is 2.88 bits per heavy atom. The molecule has 1 aromatic carbocycles. The van der Waals surface area contributed by atoms with Gasteiger partial charge in [-0.2, -0.15) is 0 Å². The van der Waals surface area contributed by atoms with Gasteiger partial charge in [0, 0.05) is 37.6 Å². The number of anilines is 2. The van der Waals surface area contributed by atoms with Crippen molar-refractivity contribution in [2.75, 3.05) is 23.9 Å². The summed E-state index contributed by atoms with van der Waals surface area (Å²) in [6, 6.07) is 5.61. The Bertz CT molecular complexity index is 797. The highest BCUT2D eigenvalue weighted by Crippen LogP contribution is 2.30. The third-order valence-electron chi connectivity index (χ3n) is 4.09. The number of nitrogens with zero attached hydrogens (tertiary/aromatic N) is 3. The van der Waals surface area contributed by atoms with E-state index in [1.807, 2.05) is 19.1 Å². The summed E-state index contributed by atoms with van der Waals surface area (Å²) in [5.74, 6) is 0.150. The van der Waals surface area contributed by atoms with E-state index >= 15 is 0 Å². The standard InChI is InChI=1S/C17H20N4O3/c1-4-21-14-7-6-12(9-11(14)5-8-15(21)22)18-16(23)13-10-20(2)19-17(13)24-3/h6-7,9-10H,4-5,8H2,1-3H3,(H,18,23). The van der Waals surface area contributed by atoms with Crippen LogP contribution in [0, 0.1) is 0 Å². The molecule has 0 atom stereocenters. The van der Waals surface area contributed by atoms with Crippen LogP contribution in [-0.4, -0.2) is 35.2 Å². The van der Waals surface area contributed by atoms with E-state index in [1.54, 1.807) is 24.2 Å². The largest absolute Gasteiger partial charge is 0.479 e. The zero-order chi connectivity index (χ0) is 17.3. The summed E-state index contributed by atoms with van der Waals surface area (Å²) in [6.45, 7) is 2.60. The van der Waals surface area contributed by atoms with Gasteiger partial charge in [0.25, 0.3) is 5.91 Å². The third kappa shape index (κ3) is 2.84. The van der Waals surface area contributed by atoms with Crippen molar-refractivity contribution in [1.29, 1.82) is 0 Å². The fourth-order valence-electron chi connectivity index (χ4n) is 2.96. The Morgan fingerprint density at radius 1 is 1.38 bits per heavy atom. The molecule has 0 aliphatic carbocycles. The van der Waals surface area contributed by atoms with Crippen LogP contribution in [-0.2, 0) is 18.3 Å². The van der Waals surface area contributed by atoms with Crippen molar-refractivity contribution in [2.45, 2.75) is 19.8 Å². The van der Waals surface area contributed by atoms with E-state index in [0.717, 1.165) is 11.3 Å². The minimum absolute atomic E-state index is 0.141. The molecule has 0 fully saturated rings. The molecule has 0 saturated carbocycles. The number of aryl methyl sites for hydroxylation is 2. The number of carbonyl (C=O) groups is 2. The maximum Gasteiger partial charge on any atom is 0.262 e. The molecule has 24 heavy (non-hydrogen) atoms. The summed E-state index contributed by atoms with van der Waals surface area (Å²) >= 11 is 0. The number of carbonyl (C=O) groups excluding carboxylic acids is 2. The molecule has 7 heteroatoms. The van der Waals surface area contributed by atoms with Gasteiger partial charge in [0.05, 0.1) is 7.11 Å². The molecule has 0 saturated heterocycles. The predicted molar refractivity (Wildman–Crippen MR) is 90.5 cm³/mol. The minimum atomic E-state index is -0.279. The molecule has 2 amide bonds. The van der Waals surface area contributed by atoms with Gasteiger partial charge in [-0.25, -0.2) is 0 Å². The topological polar surface area (TPSA) is 76.5 Å². The number of hydrogen-bond acceptors (Lipinski definition) is 4. The average molecular weight is 328 g/mol. The van der Waals surface area contributed by atoms with Crippen LogP contribution in [0.2, 0.25) is 0 Å². The van der Waals surface area contributed by atoms with Crippen LogP contribution in [0.3, 0.4) is 0 Å². The first kappa shape index (κ1) is 16.0. The van der Waals surface area contributed by atoms with Crippen molar-refractivity contribution in [3.8, 4) is 5.88 Å². The molecule has 0 spiro atoms. The van der Waals surface area contributed by atoms with Crippen molar-refractivity contribution in [3.05, 3.63) is 35.5 Å². The lowest BCUT2D eigenvalue weighted by molar-refractivity contribution is -0.118. The summed E-state index contributed by atoms with van der Waals surface area (Å²) in [7, 11) is 3.21. The molecule has 1 aliphatic heterocycles. The zero-order valence-corrected chi connectivity index (χ0v) is 14.0. The fourth-order valence-corrected chi connectivity index (χ4v) is 2.96. The number of benzene rings is 1. The lowest BCUT2D eigenvalue weighted by Gasteiger charge is -2.28. The highest BCUT2D eigenvalue weighted by Gasteiger charge is 2.23. The number of aromatic nitrogens is 2. The lowest BCUT2D eigenvalue weighted by Crippen LogP contribution is -2.34. The van der Waals surface area contributed by atoms with E-state index in [1.165, 1.54) is 11.8 Å². The molecule has 0 unspecified atom stereocenters. The Hall–Kier alpha value is -2.83. The summed E-state index contributed by atoms with van der Waals surface area (Å²) in [5, 5.41) is 6.95. The van der Waals surface area contributed by atoms with Crippen LogP contribution >= 0.6 is 0 Å². The molecule has 0 bridgehead atoms. The van der Waals surface area contributed by atoms with Gasteiger partial charge in [-0.3, -0.25) is 14.3 Å². The molecule has 126 valence electrons. The van der Waals surface area contributed by atoms with Crippen molar-refractivity contribution >= 4 is 23.2 Å². The van der Waals surface area contributed by atoms with Gasteiger partial charge < -0.3 is 15.0 Å². The highest BCUT2D eigenvalue weighted by atomic mass is 16.5. The molecule has 0 radical (unpaired) electrons. The van der Waals surface area contributed by atoms with Gasteiger partial charge >= 0.3 is 0 Å². The number of fused-ring (bicyclic) bond motifs is 1. The molecular formula is C17H20N4O3. The van der Waals surface area contributed by atoms with Gasteiger partial charge in [-0.05, 0) is 37.1 Å². The van der Waals surface area contributed by atoms with Crippen LogP contribution in [0.25, 0.3) is 0 Å². The Kier molecular flexibility index (Phi) is 4.24. The lowest BCUT2D eigenvalue weighted by atomic mass is 10.0. The first-order valence-corrected chi connectivity index (χ1v) is 7.85. The van der Waals surface area contributed by atoms with Gasteiger partial charge in [0.2, 0.25) is 11.8 Å². The molecule has 7 nitrogen and oxygen atoms in total. The van der Waals surface area contributed by atoms with Crippen molar-refractivity contribution < 1.29 is 14.3 Å². The van der Waals surface area contributed by atoms with Gasteiger partial charge in [-0.15, -0.1) is 5.10 Å². The Morgan fingerprint density at radius 2 is 2.17 bits per heavy atom. The maximum atomic E-state index is 12.4. The fraction of sp³-hybridized carbons (Fsp3) is 0.353. The number of hydrogen-bond donors (Lipinski definition) is 1. The van der Waals surface area contributed by atoms with E-state index in [4.69, 9.17) is 4.74 Å². The molecule has 1 aliphatic rings. The van der Waals surface area contributed by atoms with Gasteiger partial charge in [0.1, 0.15) is 5.56 Å². The van der Waals surface area contributed by atoms with E-state index in [9.17, 15) is 9.59 Å². The molecular weight excluding hydrogens is 308 g/mol. The number of amides is 2. The van der Waals surface area contributed by atoms with Crippen LogP contribution in [0.4, 0.5) is 11.4 Å². The highest BCUT2D eigenvalue weighted by molar-refractivity contribution is 6.06. The first-order valence-electron chi connectivity index (χ1n) is 7.85. The Balaban J connectivity index is 1.84. The average Bonchev–Trinajstić information content (AvgIpc) is 2.96. The number of methoxy groups -OCH3 is 1. The summed E-state index contributed by atoms with van der Waals surface area (Å²) in [6.07, 6.45) is 2.79. The van der Waals surface area contributed by atoms with E-state index in [-0.39, 0.29) is 17.7 Å². The predicted octanol–water partition coefficient (Wildman–Crippen LogP) is 1.98. The molecule has 2 aromatic rings. The van der Waals surface area contributed by atoms with Crippen molar-refractivity contribution in [3.63, 3.8) is 0 Å². The SMILES string of the molecule is CCN1C(=O)CCc2cc(NC(=O)c3cn(C)nc3OC)ccc21. The monoisotopic (exact) mass is 328 g/mol.